The minimum Gasteiger partial charge on any atom is -0.352 e. The highest BCUT2D eigenvalue weighted by Crippen LogP contribution is 2.37. The molecule has 0 bridgehead atoms. The van der Waals surface area contributed by atoms with Crippen LogP contribution in [0.1, 0.15) is 47.5 Å². The lowest BCUT2D eigenvalue weighted by Crippen LogP contribution is -2.26. The summed E-state index contributed by atoms with van der Waals surface area (Å²) in [5.74, 6) is 0.582. The largest absolute Gasteiger partial charge is 0.352 e. The Bertz CT molecular complexity index is 632. The van der Waals surface area contributed by atoms with Crippen LogP contribution in [0.5, 0.6) is 0 Å². The number of thiophene rings is 1. The first-order valence-corrected chi connectivity index (χ1v) is 8.14. The predicted molar refractivity (Wildman–Crippen MR) is 80.8 cm³/mol. The lowest BCUT2D eigenvalue weighted by atomic mass is 10.1. The van der Waals surface area contributed by atoms with E-state index in [1.165, 1.54) is 10.4 Å². The summed E-state index contributed by atoms with van der Waals surface area (Å²) in [6.07, 6.45) is 5.68. The van der Waals surface area contributed by atoms with Crippen molar-refractivity contribution in [3.8, 4) is 5.00 Å². The van der Waals surface area contributed by atoms with Gasteiger partial charge in [-0.25, -0.2) is 0 Å². The van der Waals surface area contributed by atoms with Crippen LogP contribution in [-0.2, 0) is 12.8 Å². The Morgan fingerprint density at radius 1 is 1.48 bits per heavy atom. The van der Waals surface area contributed by atoms with E-state index in [4.69, 9.17) is 0 Å². The molecule has 3 rings (SSSR count). The number of rotatable bonds is 5. The highest BCUT2D eigenvalue weighted by Gasteiger charge is 2.27. The van der Waals surface area contributed by atoms with Crippen LogP contribution in [0.4, 0.5) is 0 Å². The van der Waals surface area contributed by atoms with E-state index >= 15 is 0 Å². The number of aromatic nitrogens is 4. The third kappa shape index (κ3) is 2.83. The van der Waals surface area contributed by atoms with Gasteiger partial charge >= 0.3 is 0 Å². The Kier molecular flexibility index (Phi) is 4.01. The lowest BCUT2D eigenvalue weighted by Gasteiger charge is -2.09. The topological polar surface area (TPSA) is 72.7 Å². The molecule has 0 radical (unpaired) electrons. The zero-order valence-electron chi connectivity index (χ0n) is 12.3. The van der Waals surface area contributed by atoms with E-state index in [2.05, 4.69) is 34.7 Å². The van der Waals surface area contributed by atoms with Crippen LogP contribution >= 0.6 is 11.3 Å². The molecule has 0 aromatic carbocycles. The molecular weight excluding hydrogens is 286 g/mol. The van der Waals surface area contributed by atoms with Crippen molar-refractivity contribution in [1.82, 2.24) is 25.5 Å². The van der Waals surface area contributed by atoms with E-state index in [9.17, 15) is 4.79 Å². The van der Waals surface area contributed by atoms with E-state index in [0.717, 1.165) is 36.2 Å². The highest BCUT2D eigenvalue weighted by molar-refractivity contribution is 7.15. The molecule has 1 N–H and O–H groups in total. The first-order valence-electron chi connectivity index (χ1n) is 7.33. The molecule has 0 aliphatic heterocycles. The standard InChI is InChI=1S/C14H19N5OS/c1-9(2)6-7-15-13(20)12-10-4-3-5-11(10)21-14(12)19-8-16-17-18-19/h8-9H,3-7H2,1-2H3,(H,15,20). The van der Waals surface area contributed by atoms with Crippen molar-refractivity contribution in [3.63, 3.8) is 0 Å². The Morgan fingerprint density at radius 2 is 2.33 bits per heavy atom. The van der Waals surface area contributed by atoms with Gasteiger partial charge in [0, 0.05) is 11.4 Å². The normalized spacial score (nSPS) is 13.7. The van der Waals surface area contributed by atoms with Gasteiger partial charge in [0.1, 0.15) is 11.3 Å². The van der Waals surface area contributed by atoms with Crippen molar-refractivity contribution in [1.29, 1.82) is 0 Å². The van der Waals surface area contributed by atoms with E-state index in [0.29, 0.717) is 12.5 Å². The fourth-order valence-corrected chi connectivity index (χ4v) is 3.90. The minimum absolute atomic E-state index is 0.000509. The third-order valence-corrected chi connectivity index (χ3v) is 4.98. The van der Waals surface area contributed by atoms with Gasteiger partial charge in [-0.3, -0.25) is 4.79 Å². The van der Waals surface area contributed by atoms with Crippen molar-refractivity contribution < 1.29 is 4.79 Å². The number of carbonyl (C=O) groups is 1. The van der Waals surface area contributed by atoms with Gasteiger partial charge in [0.15, 0.2) is 0 Å². The average Bonchev–Trinajstić information content (AvgIpc) is 3.13. The van der Waals surface area contributed by atoms with Crippen molar-refractivity contribution in [2.75, 3.05) is 6.54 Å². The molecule has 1 aliphatic carbocycles. The van der Waals surface area contributed by atoms with Gasteiger partial charge < -0.3 is 5.32 Å². The molecule has 0 unspecified atom stereocenters. The number of tetrazole rings is 1. The quantitative estimate of drug-likeness (QED) is 0.917. The number of hydrogen-bond donors (Lipinski definition) is 1. The fourth-order valence-electron chi connectivity index (χ4n) is 2.60. The van der Waals surface area contributed by atoms with Gasteiger partial charge in [-0.1, -0.05) is 13.8 Å². The van der Waals surface area contributed by atoms with Crippen LogP contribution < -0.4 is 5.32 Å². The molecule has 1 amide bonds. The molecule has 0 saturated carbocycles. The van der Waals surface area contributed by atoms with Gasteiger partial charge in [0.05, 0.1) is 5.56 Å². The molecule has 112 valence electrons. The van der Waals surface area contributed by atoms with Gasteiger partial charge in [-0.15, -0.1) is 16.4 Å². The Morgan fingerprint density at radius 3 is 3.05 bits per heavy atom. The minimum atomic E-state index is 0.000509. The third-order valence-electron chi connectivity index (χ3n) is 3.69. The average molecular weight is 305 g/mol. The van der Waals surface area contributed by atoms with Crippen LogP contribution in [0.2, 0.25) is 0 Å². The van der Waals surface area contributed by atoms with Crippen LogP contribution in [0.15, 0.2) is 6.33 Å². The molecule has 21 heavy (non-hydrogen) atoms. The second kappa shape index (κ2) is 5.93. The zero-order valence-corrected chi connectivity index (χ0v) is 13.1. The van der Waals surface area contributed by atoms with Crippen LogP contribution in [-0.4, -0.2) is 32.7 Å². The molecule has 0 fully saturated rings. The first kappa shape index (κ1) is 14.2. The summed E-state index contributed by atoms with van der Waals surface area (Å²) >= 11 is 1.63. The monoisotopic (exact) mass is 305 g/mol. The van der Waals surface area contributed by atoms with Crippen LogP contribution in [0.3, 0.4) is 0 Å². The second-order valence-corrected chi connectivity index (χ2v) is 6.81. The number of fused-ring (bicyclic) bond motifs is 1. The molecule has 0 saturated heterocycles. The molecule has 2 aromatic heterocycles. The molecule has 0 spiro atoms. The van der Waals surface area contributed by atoms with Gasteiger partial charge in [-0.05, 0) is 47.6 Å². The summed E-state index contributed by atoms with van der Waals surface area (Å²) in [6.45, 7) is 5.01. The smallest absolute Gasteiger partial charge is 0.254 e. The van der Waals surface area contributed by atoms with Crippen molar-refractivity contribution in [2.24, 2.45) is 5.92 Å². The Labute approximate surface area is 127 Å². The molecule has 2 heterocycles. The summed E-state index contributed by atoms with van der Waals surface area (Å²) < 4.78 is 1.60. The summed E-state index contributed by atoms with van der Waals surface area (Å²) in [4.78, 5) is 13.9. The molecule has 6 nitrogen and oxygen atoms in total. The van der Waals surface area contributed by atoms with E-state index in [1.54, 1.807) is 22.3 Å². The van der Waals surface area contributed by atoms with Crippen molar-refractivity contribution >= 4 is 17.2 Å². The number of aryl methyl sites for hydroxylation is 1. The molecule has 0 atom stereocenters. The maximum absolute atomic E-state index is 12.6. The lowest BCUT2D eigenvalue weighted by molar-refractivity contribution is 0.0951. The van der Waals surface area contributed by atoms with Crippen molar-refractivity contribution in [3.05, 3.63) is 22.3 Å². The Balaban J connectivity index is 1.88. The number of nitrogens with one attached hydrogen (secondary N) is 1. The van der Waals surface area contributed by atoms with E-state index < -0.39 is 0 Å². The molecular formula is C14H19N5OS. The number of carbonyl (C=O) groups excluding carboxylic acids is 1. The molecule has 2 aromatic rings. The number of hydrogen-bond acceptors (Lipinski definition) is 5. The summed E-state index contributed by atoms with van der Waals surface area (Å²) in [5.41, 5.74) is 1.95. The first-order chi connectivity index (χ1) is 10.2. The van der Waals surface area contributed by atoms with Gasteiger partial charge in [0.25, 0.3) is 5.91 Å². The number of nitrogens with zero attached hydrogens (tertiary/aromatic N) is 4. The summed E-state index contributed by atoms with van der Waals surface area (Å²) in [7, 11) is 0. The van der Waals surface area contributed by atoms with E-state index in [-0.39, 0.29) is 5.91 Å². The summed E-state index contributed by atoms with van der Waals surface area (Å²) in [6, 6.07) is 0. The number of amides is 1. The Hall–Kier alpha value is -1.76. The van der Waals surface area contributed by atoms with Gasteiger partial charge in [-0.2, -0.15) is 4.68 Å². The SMILES string of the molecule is CC(C)CCNC(=O)c1c(-n2cnnn2)sc2c1CCC2. The van der Waals surface area contributed by atoms with Gasteiger partial charge in [0.2, 0.25) is 0 Å². The van der Waals surface area contributed by atoms with Crippen LogP contribution in [0, 0.1) is 5.92 Å². The fraction of sp³-hybridized carbons (Fsp3) is 0.571. The maximum Gasteiger partial charge on any atom is 0.254 e. The molecule has 1 aliphatic rings. The highest BCUT2D eigenvalue weighted by atomic mass is 32.1. The van der Waals surface area contributed by atoms with E-state index in [1.807, 2.05) is 0 Å². The predicted octanol–water partition coefficient (Wildman–Crippen LogP) is 1.99. The maximum atomic E-state index is 12.6. The molecule has 7 heteroatoms. The van der Waals surface area contributed by atoms with Crippen LogP contribution in [0.25, 0.3) is 5.00 Å². The second-order valence-electron chi connectivity index (χ2n) is 5.73. The summed E-state index contributed by atoms with van der Waals surface area (Å²) in [5, 5.41) is 15.2. The van der Waals surface area contributed by atoms with Crippen molar-refractivity contribution in [2.45, 2.75) is 39.5 Å². The zero-order chi connectivity index (χ0) is 14.8.